The molecule has 0 spiro atoms. The van der Waals surface area contributed by atoms with Crippen molar-refractivity contribution in [1.29, 1.82) is 0 Å². The van der Waals surface area contributed by atoms with Gasteiger partial charge >= 0.3 is 0 Å². The lowest BCUT2D eigenvalue weighted by molar-refractivity contribution is -0.140. The van der Waals surface area contributed by atoms with Crippen LogP contribution in [0.25, 0.3) is 0 Å². The van der Waals surface area contributed by atoms with Crippen molar-refractivity contribution in [3.05, 3.63) is 0 Å². The molecule has 4 nitrogen and oxygen atoms in total. The first kappa shape index (κ1) is 14.2. The Labute approximate surface area is 103 Å². The molecule has 4 heteroatoms. The van der Waals surface area contributed by atoms with Crippen LogP contribution >= 0.6 is 0 Å². The van der Waals surface area contributed by atoms with Gasteiger partial charge in [0.05, 0.1) is 13.2 Å². The highest BCUT2D eigenvalue weighted by Gasteiger charge is 2.39. The van der Waals surface area contributed by atoms with Crippen molar-refractivity contribution >= 4 is 11.8 Å². The van der Waals surface area contributed by atoms with Crippen LogP contribution in [0.4, 0.5) is 0 Å². The normalized spacial score (nSPS) is 21.1. The minimum absolute atomic E-state index is 0.0295. The average Bonchev–Trinajstić information content (AvgIpc) is 2.50. The van der Waals surface area contributed by atoms with Gasteiger partial charge in [-0.05, 0) is 11.8 Å². The number of rotatable bonds is 6. The Morgan fingerprint density at radius 3 is 2.41 bits per heavy atom. The molecule has 1 atom stereocenters. The molecule has 98 valence electrons. The molecule has 0 aliphatic carbocycles. The van der Waals surface area contributed by atoms with Gasteiger partial charge in [0.1, 0.15) is 0 Å². The molecule has 0 aromatic rings. The fraction of sp³-hybridized carbons (Fsp3) is 0.846. The van der Waals surface area contributed by atoms with Gasteiger partial charge in [0, 0.05) is 18.9 Å². The second kappa shape index (κ2) is 6.15. The summed E-state index contributed by atoms with van der Waals surface area (Å²) in [4.78, 5) is 25.0. The Balaban J connectivity index is 2.38. The summed E-state index contributed by atoms with van der Waals surface area (Å²) in [7, 11) is 0. The van der Waals surface area contributed by atoms with Crippen LogP contribution in [0.2, 0.25) is 0 Å². The number of carbonyl (C=O) groups is 2. The standard InChI is InChI=1S/C13H23NO3/c1-9(2)8-17-6-5-14-12(15)7-11(10(3)4)13(14)16/h9-11H,5-8H2,1-4H3. The first-order chi connectivity index (χ1) is 7.93. The van der Waals surface area contributed by atoms with E-state index < -0.39 is 0 Å². The molecule has 0 saturated carbocycles. The SMILES string of the molecule is CC(C)COCCN1C(=O)CC(C(C)C)C1=O. The number of hydrogen-bond acceptors (Lipinski definition) is 3. The Morgan fingerprint density at radius 2 is 1.94 bits per heavy atom. The van der Waals surface area contributed by atoms with Gasteiger partial charge in [-0.3, -0.25) is 14.5 Å². The van der Waals surface area contributed by atoms with Gasteiger partial charge in [0.2, 0.25) is 11.8 Å². The second-order valence-corrected chi connectivity index (χ2v) is 5.41. The molecular weight excluding hydrogens is 218 g/mol. The van der Waals surface area contributed by atoms with Crippen LogP contribution in [0.1, 0.15) is 34.1 Å². The molecule has 0 radical (unpaired) electrons. The van der Waals surface area contributed by atoms with E-state index in [1.54, 1.807) is 0 Å². The van der Waals surface area contributed by atoms with Gasteiger partial charge < -0.3 is 4.74 Å². The van der Waals surface area contributed by atoms with E-state index in [1.165, 1.54) is 4.90 Å². The minimum Gasteiger partial charge on any atom is -0.379 e. The number of amides is 2. The molecule has 1 saturated heterocycles. The largest absolute Gasteiger partial charge is 0.379 e. The van der Waals surface area contributed by atoms with E-state index in [4.69, 9.17) is 4.74 Å². The van der Waals surface area contributed by atoms with Gasteiger partial charge in [-0.1, -0.05) is 27.7 Å². The highest BCUT2D eigenvalue weighted by molar-refractivity contribution is 6.03. The van der Waals surface area contributed by atoms with Crippen molar-refractivity contribution in [3.8, 4) is 0 Å². The Hall–Kier alpha value is -0.900. The molecule has 17 heavy (non-hydrogen) atoms. The van der Waals surface area contributed by atoms with Crippen molar-refractivity contribution in [3.63, 3.8) is 0 Å². The number of nitrogens with zero attached hydrogens (tertiary/aromatic N) is 1. The van der Waals surface area contributed by atoms with Gasteiger partial charge in [-0.2, -0.15) is 0 Å². The van der Waals surface area contributed by atoms with Crippen LogP contribution in [-0.4, -0.2) is 36.5 Å². The van der Waals surface area contributed by atoms with E-state index in [0.717, 1.165) is 0 Å². The van der Waals surface area contributed by atoms with Gasteiger partial charge in [0.15, 0.2) is 0 Å². The summed E-state index contributed by atoms with van der Waals surface area (Å²) in [5.74, 6) is 0.490. The molecule has 1 rings (SSSR count). The summed E-state index contributed by atoms with van der Waals surface area (Å²) >= 11 is 0. The lowest BCUT2D eigenvalue weighted by atomic mass is 9.94. The third-order valence-electron chi connectivity index (χ3n) is 2.99. The minimum atomic E-state index is -0.132. The number of imide groups is 1. The third kappa shape index (κ3) is 3.80. The predicted molar refractivity (Wildman–Crippen MR) is 65.3 cm³/mol. The van der Waals surface area contributed by atoms with Gasteiger partial charge in [-0.25, -0.2) is 0 Å². The van der Waals surface area contributed by atoms with Crippen molar-refractivity contribution in [2.24, 2.45) is 17.8 Å². The van der Waals surface area contributed by atoms with E-state index in [0.29, 0.717) is 32.1 Å². The molecule has 0 aromatic carbocycles. The molecule has 2 amide bonds. The molecule has 0 N–H and O–H groups in total. The van der Waals surface area contributed by atoms with E-state index in [2.05, 4.69) is 13.8 Å². The van der Waals surface area contributed by atoms with E-state index in [-0.39, 0.29) is 23.7 Å². The van der Waals surface area contributed by atoms with E-state index in [9.17, 15) is 9.59 Å². The maximum absolute atomic E-state index is 11.9. The third-order valence-corrected chi connectivity index (χ3v) is 2.99. The van der Waals surface area contributed by atoms with Crippen LogP contribution in [0.15, 0.2) is 0 Å². The number of ether oxygens (including phenoxy) is 1. The quantitative estimate of drug-likeness (QED) is 0.525. The molecule has 1 aliphatic heterocycles. The Morgan fingerprint density at radius 1 is 1.29 bits per heavy atom. The van der Waals surface area contributed by atoms with Crippen LogP contribution in [0, 0.1) is 17.8 Å². The van der Waals surface area contributed by atoms with Crippen LogP contribution in [-0.2, 0) is 14.3 Å². The lowest BCUT2D eigenvalue weighted by Crippen LogP contribution is -2.34. The maximum Gasteiger partial charge on any atom is 0.233 e. The number of likely N-dealkylation sites (tertiary alicyclic amines) is 1. The van der Waals surface area contributed by atoms with Crippen molar-refractivity contribution in [2.75, 3.05) is 19.8 Å². The van der Waals surface area contributed by atoms with Crippen molar-refractivity contribution < 1.29 is 14.3 Å². The summed E-state index contributed by atoms with van der Waals surface area (Å²) < 4.78 is 5.40. The number of hydrogen-bond donors (Lipinski definition) is 0. The van der Waals surface area contributed by atoms with Crippen molar-refractivity contribution in [1.82, 2.24) is 4.90 Å². The van der Waals surface area contributed by atoms with Gasteiger partial charge in [0.25, 0.3) is 0 Å². The summed E-state index contributed by atoms with van der Waals surface area (Å²) in [5.41, 5.74) is 0. The fourth-order valence-electron chi connectivity index (χ4n) is 1.94. The number of carbonyl (C=O) groups excluding carboxylic acids is 2. The smallest absolute Gasteiger partial charge is 0.233 e. The predicted octanol–water partition coefficient (Wildman–Crippen LogP) is 1.69. The molecule has 1 aliphatic rings. The highest BCUT2D eigenvalue weighted by Crippen LogP contribution is 2.25. The topological polar surface area (TPSA) is 46.6 Å². The Kier molecular flexibility index (Phi) is 5.12. The molecule has 0 aromatic heterocycles. The molecule has 0 bridgehead atoms. The highest BCUT2D eigenvalue weighted by atomic mass is 16.5. The maximum atomic E-state index is 11.9. The monoisotopic (exact) mass is 241 g/mol. The Bertz CT molecular complexity index is 286. The second-order valence-electron chi connectivity index (χ2n) is 5.41. The molecule has 1 fully saturated rings. The van der Waals surface area contributed by atoms with Crippen LogP contribution in [0.5, 0.6) is 0 Å². The zero-order valence-corrected chi connectivity index (χ0v) is 11.2. The zero-order valence-electron chi connectivity index (χ0n) is 11.2. The molecule has 1 heterocycles. The summed E-state index contributed by atoms with van der Waals surface area (Å²) in [6.07, 6.45) is 0.362. The molecular formula is C13H23NO3. The fourth-order valence-corrected chi connectivity index (χ4v) is 1.94. The summed E-state index contributed by atoms with van der Waals surface area (Å²) in [5, 5.41) is 0. The summed E-state index contributed by atoms with van der Waals surface area (Å²) in [6, 6.07) is 0. The summed E-state index contributed by atoms with van der Waals surface area (Å²) in [6.45, 7) is 9.61. The van der Waals surface area contributed by atoms with E-state index >= 15 is 0 Å². The van der Waals surface area contributed by atoms with Crippen LogP contribution < -0.4 is 0 Å². The zero-order chi connectivity index (χ0) is 13.0. The van der Waals surface area contributed by atoms with Crippen LogP contribution in [0.3, 0.4) is 0 Å². The lowest BCUT2D eigenvalue weighted by Gasteiger charge is -2.16. The van der Waals surface area contributed by atoms with E-state index in [1.807, 2.05) is 13.8 Å². The van der Waals surface area contributed by atoms with Gasteiger partial charge in [-0.15, -0.1) is 0 Å². The van der Waals surface area contributed by atoms with Crippen molar-refractivity contribution in [2.45, 2.75) is 34.1 Å². The average molecular weight is 241 g/mol. The molecule has 1 unspecified atom stereocenters. The first-order valence-corrected chi connectivity index (χ1v) is 6.35. The first-order valence-electron chi connectivity index (χ1n) is 6.35.